The molecule has 34 heavy (non-hydrogen) atoms. The number of carbonyl (C=O) groups excluding carboxylic acids is 3. The van der Waals surface area contributed by atoms with Gasteiger partial charge in [-0.2, -0.15) is 0 Å². The summed E-state index contributed by atoms with van der Waals surface area (Å²) in [5.41, 5.74) is -1.93. The van der Waals surface area contributed by atoms with Gasteiger partial charge in [0.25, 0.3) is 0 Å². The van der Waals surface area contributed by atoms with Gasteiger partial charge < -0.3 is 19.7 Å². The second-order valence-corrected chi connectivity index (χ2v) is 8.86. The Morgan fingerprint density at radius 2 is 1.00 bits per heavy atom. The standard InChI is InChI=1S/C27H30O7/c1-17(2)23(28)33-21-11-7-19(8-12-21)15-26(5,31)25(30)27(6,32)16-20-9-13-22(14-10-20)34-24(29)18(3)4/h7-14,31-32H,1,3,15-16H2,2,4-6H3. The fourth-order valence-corrected chi connectivity index (χ4v) is 3.27. The lowest BCUT2D eigenvalue weighted by Crippen LogP contribution is -2.52. The van der Waals surface area contributed by atoms with Gasteiger partial charge in [-0.25, -0.2) is 9.59 Å². The maximum absolute atomic E-state index is 13.0. The Balaban J connectivity index is 2.06. The number of ketones is 1. The largest absolute Gasteiger partial charge is 0.423 e. The van der Waals surface area contributed by atoms with Crippen molar-refractivity contribution >= 4 is 17.7 Å². The van der Waals surface area contributed by atoms with Crippen LogP contribution in [-0.4, -0.2) is 39.1 Å². The van der Waals surface area contributed by atoms with Crippen LogP contribution in [0.25, 0.3) is 0 Å². The fraction of sp³-hybridized carbons (Fsp3) is 0.296. The van der Waals surface area contributed by atoms with Gasteiger partial charge in [0.2, 0.25) is 0 Å². The van der Waals surface area contributed by atoms with E-state index in [2.05, 4.69) is 13.2 Å². The Morgan fingerprint density at radius 1 is 0.706 bits per heavy atom. The lowest BCUT2D eigenvalue weighted by Gasteiger charge is -2.31. The number of Topliss-reactive ketones (excluding diaryl/α,β-unsaturated/α-hetero) is 1. The quantitative estimate of drug-likeness (QED) is 0.313. The molecule has 0 spiro atoms. The van der Waals surface area contributed by atoms with Gasteiger partial charge in [-0.3, -0.25) is 4.79 Å². The monoisotopic (exact) mass is 466 g/mol. The molecular formula is C27H30O7. The van der Waals surface area contributed by atoms with Crippen molar-refractivity contribution in [1.82, 2.24) is 0 Å². The molecule has 2 rings (SSSR count). The zero-order valence-corrected chi connectivity index (χ0v) is 19.9. The van der Waals surface area contributed by atoms with Gasteiger partial charge >= 0.3 is 11.9 Å². The molecule has 0 aliphatic rings. The van der Waals surface area contributed by atoms with Crippen molar-refractivity contribution in [3.8, 4) is 11.5 Å². The number of esters is 2. The number of aliphatic hydroxyl groups is 2. The zero-order chi connectivity index (χ0) is 25.7. The summed E-state index contributed by atoms with van der Waals surface area (Å²) in [6, 6.07) is 12.7. The summed E-state index contributed by atoms with van der Waals surface area (Å²) in [4.78, 5) is 36.2. The molecule has 0 saturated heterocycles. The second kappa shape index (κ2) is 10.6. The minimum absolute atomic E-state index is 0.0491. The van der Waals surface area contributed by atoms with Crippen LogP contribution in [0.2, 0.25) is 0 Å². The highest BCUT2D eigenvalue weighted by molar-refractivity contribution is 5.94. The predicted octanol–water partition coefficient (Wildman–Crippen LogP) is 3.51. The van der Waals surface area contributed by atoms with Crippen LogP contribution in [0.1, 0.15) is 38.8 Å². The first-order valence-electron chi connectivity index (χ1n) is 10.6. The van der Waals surface area contributed by atoms with E-state index in [9.17, 15) is 24.6 Å². The van der Waals surface area contributed by atoms with Crippen molar-refractivity contribution < 1.29 is 34.1 Å². The molecule has 0 amide bonds. The highest BCUT2D eigenvalue weighted by Crippen LogP contribution is 2.26. The van der Waals surface area contributed by atoms with E-state index in [1.165, 1.54) is 27.7 Å². The van der Waals surface area contributed by atoms with E-state index in [1.54, 1.807) is 48.5 Å². The molecule has 0 radical (unpaired) electrons. The number of hydrogen-bond donors (Lipinski definition) is 2. The topological polar surface area (TPSA) is 110 Å². The van der Waals surface area contributed by atoms with Gasteiger partial charge in [0.1, 0.15) is 22.7 Å². The fourth-order valence-electron chi connectivity index (χ4n) is 3.27. The van der Waals surface area contributed by atoms with Gasteiger partial charge in [-0.05, 0) is 63.1 Å². The SMILES string of the molecule is C=C(C)C(=O)Oc1ccc(CC(C)(O)C(=O)C(C)(O)Cc2ccc(OC(=O)C(=C)C)cc2)cc1. The molecule has 2 atom stereocenters. The Hall–Kier alpha value is -3.55. The Kier molecular flexibility index (Phi) is 8.31. The molecule has 7 nitrogen and oxygen atoms in total. The van der Waals surface area contributed by atoms with Gasteiger partial charge in [-0.15, -0.1) is 0 Å². The van der Waals surface area contributed by atoms with E-state index < -0.39 is 28.9 Å². The van der Waals surface area contributed by atoms with Gasteiger partial charge in [-0.1, -0.05) is 37.4 Å². The third-order valence-corrected chi connectivity index (χ3v) is 5.04. The van der Waals surface area contributed by atoms with Crippen LogP contribution in [-0.2, 0) is 27.2 Å². The van der Waals surface area contributed by atoms with E-state index >= 15 is 0 Å². The van der Waals surface area contributed by atoms with E-state index in [-0.39, 0.29) is 24.0 Å². The number of rotatable bonds is 10. The van der Waals surface area contributed by atoms with Crippen LogP contribution >= 0.6 is 0 Å². The zero-order valence-electron chi connectivity index (χ0n) is 19.9. The average molecular weight is 467 g/mol. The smallest absolute Gasteiger partial charge is 0.338 e. The first kappa shape index (κ1) is 26.7. The first-order chi connectivity index (χ1) is 15.7. The Morgan fingerprint density at radius 3 is 1.26 bits per heavy atom. The highest BCUT2D eigenvalue weighted by atomic mass is 16.5. The normalized spacial score (nSPS) is 14.3. The number of carbonyl (C=O) groups is 3. The van der Waals surface area contributed by atoms with Crippen molar-refractivity contribution in [3.05, 3.63) is 84.0 Å². The highest BCUT2D eigenvalue weighted by Gasteiger charge is 2.42. The van der Waals surface area contributed by atoms with Crippen molar-refractivity contribution in [2.75, 3.05) is 0 Å². The Bertz CT molecular complexity index is 1000. The van der Waals surface area contributed by atoms with Crippen molar-refractivity contribution in [2.24, 2.45) is 0 Å². The van der Waals surface area contributed by atoms with Crippen LogP contribution in [0.15, 0.2) is 72.8 Å². The van der Waals surface area contributed by atoms with Crippen molar-refractivity contribution in [1.29, 1.82) is 0 Å². The summed E-state index contributed by atoms with van der Waals surface area (Å²) in [7, 11) is 0. The summed E-state index contributed by atoms with van der Waals surface area (Å²) in [5.74, 6) is -1.21. The molecular weight excluding hydrogens is 436 g/mol. The maximum Gasteiger partial charge on any atom is 0.338 e. The lowest BCUT2D eigenvalue weighted by molar-refractivity contribution is -0.153. The minimum atomic E-state index is -1.85. The average Bonchev–Trinajstić information content (AvgIpc) is 2.75. The third kappa shape index (κ3) is 7.23. The van der Waals surface area contributed by atoms with Gasteiger partial charge in [0.05, 0.1) is 0 Å². The molecule has 2 aromatic carbocycles. The number of ether oxygens (including phenoxy) is 2. The van der Waals surface area contributed by atoms with Crippen LogP contribution in [0, 0.1) is 0 Å². The summed E-state index contributed by atoms with van der Waals surface area (Å²) in [6.07, 6.45) is -0.0982. The van der Waals surface area contributed by atoms with E-state index in [4.69, 9.17) is 9.47 Å². The third-order valence-electron chi connectivity index (χ3n) is 5.04. The van der Waals surface area contributed by atoms with Crippen LogP contribution < -0.4 is 9.47 Å². The van der Waals surface area contributed by atoms with Gasteiger partial charge in [0.15, 0.2) is 5.78 Å². The molecule has 0 fully saturated rings. The molecule has 180 valence electrons. The first-order valence-corrected chi connectivity index (χ1v) is 10.6. The number of benzene rings is 2. The van der Waals surface area contributed by atoms with E-state index in [0.717, 1.165) is 0 Å². The van der Waals surface area contributed by atoms with Crippen molar-refractivity contribution in [2.45, 2.75) is 51.7 Å². The summed E-state index contributed by atoms with van der Waals surface area (Å²) < 4.78 is 10.3. The molecule has 0 saturated carbocycles. The second-order valence-electron chi connectivity index (χ2n) is 8.86. The van der Waals surface area contributed by atoms with Crippen LogP contribution in [0.5, 0.6) is 11.5 Å². The van der Waals surface area contributed by atoms with E-state index in [1.807, 2.05) is 0 Å². The molecule has 0 heterocycles. The van der Waals surface area contributed by atoms with Crippen LogP contribution in [0.4, 0.5) is 0 Å². The van der Waals surface area contributed by atoms with Gasteiger partial charge in [0, 0.05) is 24.0 Å². The predicted molar refractivity (Wildman–Crippen MR) is 127 cm³/mol. The maximum atomic E-state index is 13.0. The molecule has 7 heteroatoms. The molecule has 2 N–H and O–H groups in total. The van der Waals surface area contributed by atoms with Crippen molar-refractivity contribution in [3.63, 3.8) is 0 Å². The lowest BCUT2D eigenvalue weighted by atomic mass is 9.80. The summed E-state index contributed by atoms with van der Waals surface area (Å²) in [6.45, 7) is 12.8. The number of hydrogen-bond acceptors (Lipinski definition) is 7. The summed E-state index contributed by atoms with van der Waals surface area (Å²) >= 11 is 0. The minimum Gasteiger partial charge on any atom is -0.423 e. The molecule has 0 aliphatic heterocycles. The molecule has 0 aromatic heterocycles. The Labute approximate surface area is 199 Å². The van der Waals surface area contributed by atoms with Crippen LogP contribution in [0.3, 0.4) is 0 Å². The molecule has 2 unspecified atom stereocenters. The molecule has 0 bridgehead atoms. The molecule has 2 aromatic rings. The molecule has 0 aliphatic carbocycles. The summed E-state index contributed by atoms with van der Waals surface area (Å²) in [5, 5.41) is 21.7. The van der Waals surface area contributed by atoms with E-state index in [0.29, 0.717) is 22.6 Å².